The van der Waals surface area contributed by atoms with Crippen LogP contribution in [0.3, 0.4) is 0 Å². The average Bonchev–Trinajstić information content (AvgIpc) is 3.27. The van der Waals surface area contributed by atoms with Gasteiger partial charge in [-0.2, -0.15) is 18.4 Å². The Morgan fingerprint density at radius 1 is 1.30 bits per heavy atom. The predicted octanol–water partition coefficient (Wildman–Crippen LogP) is 4.09. The lowest BCUT2D eigenvalue weighted by molar-refractivity contribution is -0.0887. The quantitative estimate of drug-likeness (QED) is 0.709. The van der Waals surface area contributed by atoms with E-state index in [1.807, 2.05) is 36.4 Å². The Balaban J connectivity index is 1.81. The van der Waals surface area contributed by atoms with Crippen molar-refractivity contribution in [3.8, 4) is 6.07 Å². The number of ketones is 1. The Bertz CT molecular complexity index is 840. The monoisotopic (exact) mass is 377 g/mol. The minimum atomic E-state index is -5.05. The van der Waals surface area contributed by atoms with Gasteiger partial charge in [-0.05, 0) is 31.2 Å². The molecule has 0 bridgehead atoms. The summed E-state index contributed by atoms with van der Waals surface area (Å²) in [7, 11) is 0. The van der Waals surface area contributed by atoms with Crippen LogP contribution < -0.4 is 4.90 Å². The van der Waals surface area contributed by atoms with Gasteiger partial charge in [0.05, 0.1) is 6.07 Å². The molecule has 1 saturated heterocycles. The van der Waals surface area contributed by atoms with E-state index in [0.29, 0.717) is 38.6 Å². The first-order valence-corrected chi connectivity index (χ1v) is 8.71. The maximum absolute atomic E-state index is 12.9. The number of nitrogens with zero attached hydrogens (tertiary/aromatic N) is 3. The zero-order valence-electron chi connectivity index (χ0n) is 14.5. The van der Waals surface area contributed by atoms with Gasteiger partial charge in [0.1, 0.15) is 6.04 Å². The number of aryl methyl sites for hydroxylation is 2. The summed E-state index contributed by atoms with van der Waals surface area (Å²) < 4.78 is 44.4. The van der Waals surface area contributed by atoms with E-state index in [2.05, 4.69) is 4.98 Å². The van der Waals surface area contributed by atoms with Crippen LogP contribution in [0.4, 0.5) is 19.1 Å². The summed E-state index contributed by atoms with van der Waals surface area (Å²) in [6, 6.07) is 11.1. The molecule has 1 aromatic heterocycles. The van der Waals surface area contributed by atoms with Crippen LogP contribution in [-0.4, -0.2) is 29.5 Å². The first kappa shape index (κ1) is 19.0. The molecular weight excluding hydrogens is 359 g/mol. The van der Waals surface area contributed by atoms with Crippen LogP contribution in [0, 0.1) is 11.3 Å². The van der Waals surface area contributed by atoms with E-state index in [1.54, 1.807) is 0 Å². The fourth-order valence-corrected chi connectivity index (χ4v) is 3.17. The SMILES string of the molecule is N#C[C@@H]1CCCN1c1oc(CCCc2ccccc2)nc1C(=O)C(F)(F)F. The van der Waals surface area contributed by atoms with Crippen molar-refractivity contribution in [2.75, 3.05) is 11.4 Å². The molecule has 2 heterocycles. The summed E-state index contributed by atoms with van der Waals surface area (Å²) in [4.78, 5) is 17.0. The lowest BCUT2D eigenvalue weighted by Crippen LogP contribution is -2.31. The van der Waals surface area contributed by atoms with Crippen LogP contribution in [0.1, 0.15) is 41.2 Å². The molecule has 8 heteroatoms. The highest BCUT2D eigenvalue weighted by Crippen LogP contribution is 2.33. The van der Waals surface area contributed by atoms with Crippen molar-refractivity contribution in [2.45, 2.75) is 44.3 Å². The molecule has 0 N–H and O–H groups in total. The minimum Gasteiger partial charge on any atom is -0.424 e. The normalized spacial score (nSPS) is 17.1. The number of Topliss-reactive ketones (excluding diaryl/α,β-unsaturated/α-hetero) is 1. The first-order valence-electron chi connectivity index (χ1n) is 8.71. The Labute approximate surface area is 154 Å². The number of rotatable bonds is 6. The van der Waals surface area contributed by atoms with Crippen LogP contribution in [0.15, 0.2) is 34.7 Å². The number of carbonyl (C=O) groups excluding carboxylic acids is 1. The van der Waals surface area contributed by atoms with Gasteiger partial charge >= 0.3 is 6.18 Å². The highest BCUT2D eigenvalue weighted by Gasteiger charge is 2.45. The van der Waals surface area contributed by atoms with Crippen LogP contribution in [0.5, 0.6) is 0 Å². The molecule has 0 aliphatic carbocycles. The van der Waals surface area contributed by atoms with E-state index in [9.17, 15) is 23.2 Å². The van der Waals surface area contributed by atoms with E-state index in [1.165, 1.54) is 4.90 Å². The molecule has 0 saturated carbocycles. The summed E-state index contributed by atoms with van der Waals surface area (Å²) in [5, 5.41) is 9.20. The highest BCUT2D eigenvalue weighted by atomic mass is 19.4. The lowest BCUT2D eigenvalue weighted by Gasteiger charge is -2.19. The van der Waals surface area contributed by atoms with E-state index >= 15 is 0 Å². The maximum Gasteiger partial charge on any atom is 0.456 e. The van der Waals surface area contributed by atoms with Crippen molar-refractivity contribution >= 4 is 11.7 Å². The molecule has 3 rings (SSSR count). The summed E-state index contributed by atoms with van der Waals surface area (Å²) in [6.45, 7) is 0.356. The van der Waals surface area contributed by atoms with Gasteiger partial charge in [0.25, 0.3) is 5.78 Å². The van der Waals surface area contributed by atoms with Gasteiger partial charge < -0.3 is 9.32 Å². The summed E-state index contributed by atoms with van der Waals surface area (Å²) in [5.41, 5.74) is 0.347. The van der Waals surface area contributed by atoms with Gasteiger partial charge in [0.2, 0.25) is 5.88 Å². The number of benzene rings is 1. The third kappa shape index (κ3) is 4.30. The molecule has 0 radical (unpaired) electrons. The van der Waals surface area contributed by atoms with Gasteiger partial charge in [0.15, 0.2) is 11.6 Å². The molecule has 1 aliphatic rings. The zero-order chi connectivity index (χ0) is 19.4. The second-order valence-electron chi connectivity index (χ2n) is 6.41. The second-order valence-corrected chi connectivity index (χ2v) is 6.41. The molecule has 0 unspecified atom stereocenters. The molecule has 0 amide bonds. The predicted molar refractivity (Wildman–Crippen MR) is 91.3 cm³/mol. The van der Waals surface area contributed by atoms with E-state index in [4.69, 9.17) is 4.42 Å². The molecule has 142 valence electrons. The number of oxazole rings is 1. The average molecular weight is 377 g/mol. The number of halogens is 3. The summed E-state index contributed by atoms with van der Waals surface area (Å²) in [5.74, 6) is -2.20. The fourth-order valence-electron chi connectivity index (χ4n) is 3.17. The highest BCUT2D eigenvalue weighted by molar-refractivity contribution is 6.02. The van der Waals surface area contributed by atoms with Gasteiger partial charge in [-0.25, -0.2) is 4.98 Å². The fraction of sp³-hybridized carbons (Fsp3) is 0.421. The lowest BCUT2D eigenvalue weighted by atomic mass is 10.1. The molecule has 27 heavy (non-hydrogen) atoms. The molecular formula is C19H18F3N3O2. The van der Waals surface area contributed by atoms with Crippen molar-refractivity contribution in [1.29, 1.82) is 5.26 Å². The number of carbonyl (C=O) groups is 1. The molecule has 1 atom stereocenters. The number of hydrogen-bond donors (Lipinski definition) is 0. The number of anilines is 1. The zero-order valence-corrected chi connectivity index (χ0v) is 14.5. The van der Waals surface area contributed by atoms with Crippen molar-refractivity contribution in [3.63, 3.8) is 0 Å². The molecule has 1 fully saturated rings. The van der Waals surface area contributed by atoms with Crippen LogP contribution >= 0.6 is 0 Å². The molecule has 5 nitrogen and oxygen atoms in total. The third-order valence-electron chi connectivity index (χ3n) is 4.49. The topological polar surface area (TPSA) is 70.1 Å². The first-order chi connectivity index (χ1) is 12.9. The van der Waals surface area contributed by atoms with Gasteiger partial charge in [-0.1, -0.05) is 30.3 Å². The third-order valence-corrected chi connectivity index (χ3v) is 4.49. The van der Waals surface area contributed by atoms with E-state index in [-0.39, 0.29) is 11.8 Å². The largest absolute Gasteiger partial charge is 0.456 e. The van der Waals surface area contributed by atoms with Crippen LogP contribution in [0.25, 0.3) is 0 Å². The molecule has 1 aliphatic heterocycles. The summed E-state index contributed by atoms with van der Waals surface area (Å²) >= 11 is 0. The smallest absolute Gasteiger partial charge is 0.424 e. The second kappa shape index (κ2) is 7.82. The summed E-state index contributed by atoms with van der Waals surface area (Å²) in [6.07, 6.45) is -2.26. The number of nitriles is 1. The van der Waals surface area contributed by atoms with Gasteiger partial charge in [-0.3, -0.25) is 4.79 Å². The Morgan fingerprint density at radius 2 is 2.04 bits per heavy atom. The van der Waals surface area contributed by atoms with Crippen LogP contribution in [0.2, 0.25) is 0 Å². The number of hydrogen-bond acceptors (Lipinski definition) is 5. The van der Waals surface area contributed by atoms with Crippen molar-refractivity contribution in [2.24, 2.45) is 0 Å². The van der Waals surface area contributed by atoms with E-state index < -0.39 is 23.7 Å². The molecule has 1 aromatic carbocycles. The Morgan fingerprint density at radius 3 is 2.70 bits per heavy atom. The van der Waals surface area contributed by atoms with E-state index in [0.717, 1.165) is 5.56 Å². The van der Waals surface area contributed by atoms with Crippen molar-refractivity contribution < 1.29 is 22.4 Å². The molecule has 2 aromatic rings. The van der Waals surface area contributed by atoms with Gasteiger partial charge in [0, 0.05) is 13.0 Å². The van der Waals surface area contributed by atoms with Crippen molar-refractivity contribution in [1.82, 2.24) is 4.98 Å². The number of aromatic nitrogens is 1. The maximum atomic E-state index is 12.9. The van der Waals surface area contributed by atoms with Crippen molar-refractivity contribution in [3.05, 3.63) is 47.5 Å². The Hall–Kier alpha value is -2.82. The number of alkyl halides is 3. The van der Waals surface area contributed by atoms with Crippen LogP contribution in [-0.2, 0) is 12.8 Å². The minimum absolute atomic E-state index is 0.0807. The standard InChI is InChI=1S/C19H18F3N3O2/c20-19(21,22)17(26)16-18(25-11-5-9-14(25)12-23)27-15(24-16)10-4-8-13-6-2-1-3-7-13/h1-3,6-7,14H,4-5,8-11H2/t14-/m0/s1. The Kier molecular flexibility index (Phi) is 5.49. The molecule has 0 spiro atoms. The van der Waals surface area contributed by atoms with Gasteiger partial charge in [-0.15, -0.1) is 0 Å².